The molecule has 1 aromatic carbocycles. The molecule has 106 valence electrons. The molecule has 3 heteroatoms. The third-order valence-electron chi connectivity index (χ3n) is 4.08. The Balaban J connectivity index is 2.09. The molecule has 0 aliphatic heterocycles. The molecule has 1 atom stereocenters. The van der Waals surface area contributed by atoms with Gasteiger partial charge in [0.2, 0.25) is 0 Å². The molecule has 0 radical (unpaired) electrons. The summed E-state index contributed by atoms with van der Waals surface area (Å²) >= 11 is 9.89. The van der Waals surface area contributed by atoms with Gasteiger partial charge in [0.25, 0.3) is 0 Å². The van der Waals surface area contributed by atoms with Crippen LogP contribution in [0.2, 0.25) is 5.02 Å². The van der Waals surface area contributed by atoms with Crippen molar-refractivity contribution in [2.75, 3.05) is 6.54 Å². The Morgan fingerprint density at radius 2 is 2.05 bits per heavy atom. The molecule has 0 aromatic heterocycles. The highest BCUT2D eigenvalue weighted by Crippen LogP contribution is 2.35. The highest BCUT2D eigenvalue weighted by atomic mass is 79.9. The molecule has 0 bridgehead atoms. The van der Waals surface area contributed by atoms with Gasteiger partial charge < -0.3 is 5.32 Å². The van der Waals surface area contributed by atoms with Crippen molar-refractivity contribution >= 4 is 27.5 Å². The minimum Gasteiger partial charge on any atom is -0.310 e. The predicted octanol–water partition coefficient (Wildman–Crippen LogP) is 5.72. The fourth-order valence-corrected chi connectivity index (χ4v) is 3.91. The molecule has 1 aromatic rings. The van der Waals surface area contributed by atoms with Crippen molar-refractivity contribution in [3.05, 3.63) is 33.3 Å². The molecule has 1 nitrogen and oxygen atoms in total. The molecular weight excluding hydrogens is 322 g/mol. The average molecular weight is 345 g/mol. The van der Waals surface area contributed by atoms with E-state index in [-0.39, 0.29) is 0 Å². The normalized spacial score (nSPS) is 18.5. The van der Waals surface area contributed by atoms with E-state index in [1.807, 2.05) is 6.07 Å². The van der Waals surface area contributed by atoms with Gasteiger partial charge in [0.15, 0.2) is 0 Å². The van der Waals surface area contributed by atoms with E-state index in [1.165, 1.54) is 44.1 Å². The summed E-state index contributed by atoms with van der Waals surface area (Å²) in [6.07, 6.45) is 8.21. The third-order valence-corrected chi connectivity index (χ3v) is 4.90. The molecule has 0 amide bonds. The summed E-state index contributed by atoms with van der Waals surface area (Å²) in [5, 5.41) is 4.48. The first-order valence-corrected chi connectivity index (χ1v) is 8.56. The van der Waals surface area contributed by atoms with Gasteiger partial charge in [-0.25, -0.2) is 0 Å². The fourth-order valence-electron chi connectivity index (χ4n) is 3.11. The van der Waals surface area contributed by atoms with E-state index in [0.29, 0.717) is 6.04 Å². The first kappa shape index (κ1) is 15.3. The van der Waals surface area contributed by atoms with E-state index in [4.69, 9.17) is 11.6 Å². The Morgan fingerprint density at radius 3 is 2.68 bits per heavy atom. The Morgan fingerprint density at radius 1 is 1.32 bits per heavy atom. The topological polar surface area (TPSA) is 12.0 Å². The monoisotopic (exact) mass is 343 g/mol. The number of benzene rings is 1. The summed E-state index contributed by atoms with van der Waals surface area (Å²) in [5.41, 5.74) is 1.25. The van der Waals surface area contributed by atoms with Gasteiger partial charge in [-0.05, 0) is 36.6 Å². The molecule has 1 fully saturated rings. The molecule has 1 aliphatic carbocycles. The van der Waals surface area contributed by atoms with Crippen LogP contribution in [0.4, 0.5) is 0 Å². The number of halogens is 2. The number of hydrogen-bond donors (Lipinski definition) is 1. The predicted molar refractivity (Wildman–Crippen MR) is 86.8 cm³/mol. The molecule has 0 spiro atoms. The van der Waals surface area contributed by atoms with Crippen molar-refractivity contribution in [1.82, 2.24) is 5.32 Å². The van der Waals surface area contributed by atoms with Gasteiger partial charge in [-0.1, -0.05) is 72.6 Å². The van der Waals surface area contributed by atoms with Gasteiger partial charge in [0.1, 0.15) is 0 Å². The van der Waals surface area contributed by atoms with Crippen LogP contribution >= 0.6 is 27.5 Å². The maximum Gasteiger partial charge on any atom is 0.0465 e. The molecule has 19 heavy (non-hydrogen) atoms. The summed E-state index contributed by atoms with van der Waals surface area (Å²) in [7, 11) is 0. The van der Waals surface area contributed by atoms with E-state index in [1.54, 1.807) is 0 Å². The van der Waals surface area contributed by atoms with Crippen LogP contribution in [0.3, 0.4) is 0 Å². The van der Waals surface area contributed by atoms with Gasteiger partial charge in [0, 0.05) is 15.5 Å². The summed E-state index contributed by atoms with van der Waals surface area (Å²) in [5.74, 6) is 0.859. The van der Waals surface area contributed by atoms with Crippen LogP contribution in [0.5, 0.6) is 0 Å². The van der Waals surface area contributed by atoms with Gasteiger partial charge in [-0.15, -0.1) is 0 Å². The van der Waals surface area contributed by atoms with Gasteiger partial charge in [-0.3, -0.25) is 0 Å². The quantitative estimate of drug-likeness (QED) is 0.720. The van der Waals surface area contributed by atoms with Crippen molar-refractivity contribution in [2.24, 2.45) is 5.92 Å². The van der Waals surface area contributed by atoms with Crippen LogP contribution < -0.4 is 5.32 Å². The number of nitrogens with one attached hydrogen (secondary N) is 1. The van der Waals surface area contributed by atoms with E-state index < -0.39 is 0 Å². The van der Waals surface area contributed by atoms with Crippen LogP contribution in [0.1, 0.15) is 57.1 Å². The summed E-state index contributed by atoms with van der Waals surface area (Å²) < 4.78 is 1.05. The van der Waals surface area contributed by atoms with Crippen LogP contribution in [-0.4, -0.2) is 6.54 Å². The largest absolute Gasteiger partial charge is 0.310 e. The highest BCUT2D eigenvalue weighted by Gasteiger charge is 2.21. The SMILES string of the molecule is CCNC(CC1CCCCC1)c1ccc(Br)cc1Cl. The first-order chi connectivity index (χ1) is 9.20. The molecule has 1 unspecified atom stereocenters. The Hall–Kier alpha value is -0.0500. The van der Waals surface area contributed by atoms with Crippen LogP contribution in [0.25, 0.3) is 0 Å². The zero-order valence-electron chi connectivity index (χ0n) is 11.6. The molecule has 1 aliphatic rings. The smallest absolute Gasteiger partial charge is 0.0465 e. The molecule has 0 heterocycles. The minimum atomic E-state index is 0.397. The van der Waals surface area contributed by atoms with Crippen LogP contribution in [0.15, 0.2) is 22.7 Å². The summed E-state index contributed by atoms with van der Waals surface area (Å²) in [6, 6.07) is 6.64. The second-order valence-electron chi connectivity index (χ2n) is 5.52. The summed E-state index contributed by atoms with van der Waals surface area (Å²) in [6.45, 7) is 3.16. The van der Waals surface area contributed by atoms with Crippen LogP contribution in [0, 0.1) is 5.92 Å². The van der Waals surface area contributed by atoms with Crippen molar-refractivity contribution < 1.29 is 0 Å². The lowest BCUT2D eigenvalue weighted by Crippen LogP contribution is -2.24. The molecule has 2 rings (SSSR count). The maximum atomic E-state index is 6.41. The molecule has 1 N–H and O–H groups in total. The zero-order chi connectivity index (χ0) is 13.7. The molecule has 1 saturated carbocycles. The molecular formula is C16H23BrClN. The Bertz CT molecular complexity index is 402. The molecule has 0 saturated heterocycles. The summed E-state index contributed by atoms with van der Waals surface area (Å²) in [4.78, 5) is 0. The lowest BCUT2D eigenvalue weighted by molar-refractivity contribution is 0.301. The second kappa shape index (κ2) is 7.66. The van der Waals surface area contributed by atoms with E-state index in [0.717, 1.165) is 22.0 Å². The number of rotatable bonds is 5. The van der Waals surface area contributed by atoms with Gasteiger partial charge in [-0.2, -0.15) is 0 Å². The van der Waals surface area contributed by atoms with Gasteiger partial charge in [0.05, 0.1) is 0 Å². The fraction of sp³-hybridized carbons (Fsp3) is 0.625. The van der Waals surface area contributed by atoms with E-state index in [9.17, 15) is 0 Å². The first-order valence-electron chi connectivity index (χ1n) is 7.39. The average Bonchev–Trinajstić information content (AvgIpc) is 2.39. The highest BCUT2D eigenvalue weighted by molar-refractivity contribution is 9.10. The zero-order valence-corrected chi connectivity index (χ0v) is 13.9. The Labute approximate surface area is 130 Å². The van der Waals surface area contributed by atoms with E-state index in [2.05, 4.69) is 40.3 Å². The minimum absolute atomic E-state index is 0.397. The van der Waals surface area contributed by atoms with Crippen molar-refractivity contribution in [1.29, 1.82) is 0 Å². The maximum absolute atomic E-state index is 6.41. The van der Waals surface area contributed by atoms with Crippen molar-refractivity contribution in [3.8, 4) is 0 Å². The van der Waals surface area contributed by atoms with E-state index >= 15 is 0 Å². The second-order valence-corrected chi connectivity index (χ2v) is 6.84. The van der Waals surface area contributed by atoms with Gasteiger partial charge >= 0.3 is 0 Å². The van der Waals surface area contributed by atoms with Crippen molar-refractivity contribution in [3.63, 3.8) is 0 Å². The Kier molecular flexibility index (Phi) is 6.18. The van der Waals surface area contributed by atoms with Crippen molar-refractivity contribution in [2.45, 2.75) is 51.5 Å². The number of hydrogen-bond acceptors (Lipinski definition) is 1. The van der Waals surface area contributed by atoms with Crippen LogP contribution in [-0.2, 0) is 0 Å². The third kappa shape index (κ3) is 4.47. The lowest BCUT2D eigenvalue weighted by Gasteiger charge is -2.28. The lowest BCUT2D eigenvalue weighted by atomic mass is 9.83. The standard InChI is InChI=1S/C16H23BrClN/c1-2-19-16(10-12-6-4-3-5-7-12)14-9-8-13(17)11-15(14)18/h8-9,11-12,16,19H,2-7,10H2,1H3.